The van der Waals surface area contributed by atoms with Crippen LogP contribution in [0.15, 0.2) is 0 Å². The van der Waals surface area contributed by atoms with Gasteiger partial charge in [-0.25, -0.2) is 9.13 Å². The summed E-state index contributed by atoms with van der Waals surface area (Å²) in [6, 6.07) is 0. The van der Waals surface area contributed by atoms with Crippen LogP contribution in [-0.2, 0) is 65.4 Å². The van der Waals surface area contributed by atoms with Gasteiger partial charge < -0.3 is 33.8 Å². The van der Waals surface area contributed by atoms with Crippen LogP contribution >= 0.6 is 15.6 Å². The molecule has 0 spiro atoms. The second-order valence-electron chi connectivity index (χ2n) is 27.9. The average molecular weight is 1400 g/mol. The van der Waals surface area contributed by atoms with Gasteiger partial charge in [-0.1, -0.05) is 349 Å². The van der Waals surface area contributed by atoms with Gasteiger partial charge in [-0.3, -0.25) is 37.3 Å². The summed E-state index contributed by atoms with van der Waals surface area (Å²) in [5.41, 5.74) is 0. The fourth-order valence-electron chi connectivity index (χ4n) is 11.7. The number of unbranched alkanes of at least 4 members (excludes halogenated alkanes) is 48. The second kappa shape index (κ2) is 69.2. The third kappa shape index (κ3) is 70.3. The molecule has 19 heteroatoms. The van der Waals surface area contributed by atoms with Gasteiger partial charge in [-0.2, -0.15) is 0 Å². The summed E-state index contributed by atoms with van der Waals surface area (Å²) >= 11 is 0. The Morgan fingerprint density at radius 3 is 0.716 bits per heavy atom. The lowest BCUT2D eigenvalue weighted by atomic mass is 10.0. The van der Waals surface area contributed by atoms with Crippen molar-refractivity contribution >= 4 is 39.5 Å². The Hall–Kier alpha value is -1.94. The number of ether oxygens (including phenoxy) is 4. The number of hydrogen-bond donors (Lipinski definition) is 3. The molecule has 3 N–H and O–H groups in total. The molecule has 0 saturated heterocycles. The summed E-state index contributed by atoms with van der Waals surface area (Å²) in [6.45, 7) is 7.26. The monoisotopic (exact) mass is 1400 g/mol. The molecule has 0 rings (SSSR count). The summed E-state index contributed by atoms with van der Waals surface area (Å²) in [7, 11) is -9.91. The number of aliphatic hydroxyl groups excluding tert-OH is 1. The highest BCUT2D eigenvalue weighted by molar-refractivity contribution is 7.47. The van der Waals surface area contributed by atoms with Crippen molar-refractivity contribution in [2.24, 2.45) is 5.92 Å². The van der Waals surface area contributed by atoms with Gasteiger partial charge >= 0.3 is 39.5 Å². The fraction of sp³-hybridized carbons (Fsp3) is 0.947. The van der Waals surface area contributed by atoms with Crippen molar-refractivity contribution in [1.82, 2.24) is 0 Å². The van der Waals surface area contributed by atoms with Gasteiger partial charge in [0.25, 0.3) is 0 Å². The topological polar surface area (TPSA) is 237 Å². The summed E-state index contributed by atoms with van der Waals surface area (Å²) in [4.78, 5) is 72.7. The number of carbonyl (C=O) groups excluding carboxylic acids is 4. The molecule has 0 aromatic heterocycles. The van der Waals surface area contributed by atoms with Gasteiger partial charge in [-0.15, -0.1) is 0 Å². The van der Waals surface area contributed by atoms with E-state index >= 15 is 0 Å². The molecule has 0 saturated carbocycles. The van der Waals surface area contributed by atoms with Crippen LogP contribution in [0.4, 0.5) is 0 Å². The van der Waals surface area contributed by atoms with Crippen molar-refractivity contribution in [3.8, 4) is 0 Å². The SMILES string of the molecule is CCCCCCCCCCCCCCCCCCCCC(=O)O[C@H](COC(=O)CCCCCCCCCCCCCCCCCC)COP(=O)(O)OC[C@@H](O)COP(=O)(O)OC[C@@H](COC(=O)CCCCCCCCC)OC(=O)CCCCCCCCCCCCCC(C)C. The smallest absolute Gasteiger partial charge is 0.462 e. The highest BCUT2D eigenvalue weighted by Crippen LogP contribution is 2.45. The Morgan fingerprint density at radius 2 is 0.484 bits per heavy atom. The summed E-state index contributed by atoms with van der Waals surface area (Å²) in [5.74, 6) is -1.35. The van der Waals surface area contributed by atoms with Gasteiger partial charge in [0, 0.05) is 25.7 Å². The van der Waals surface area contributed by atoms with E-state index in [4.69, 9.17) is 37.0 Å². The molecule has 2 unspecified atom stereocenters. The minimum atomic E-state index is -4.96. The molecule has 0 heterocycles. The van der Waals surface area contributed by atoms with Crippen molar-refractivity contribution in [2.45, 2.75) is 419 Å². The van der Waals surface area contributed by atoms with E-state index in [1.165, 1.54) is 212 Å². The van der Waals surface area contributed by atoms with Gasteiger partial charge in [0.1, 0.15) is 19.3 Å². The minimum Gasteiger partial charge on any atom is -0.462 e. The normalized spacial score (nSPS) is 13.9. The fourth-order valence-corrected chi connectivity index (χ4v) is 13.3. The molecule has 0 amide bonds. The van der Waals surface area contributed by atoms with Crippen LogP contribution in [0.3, 0.4) is 0 Å². The Labute approximate surface area is 581 Å². The van der Waals surface area contributed by atoms with Gasteiger partial charge in [0.2, 0.25) is 0 Å². The van der Waals surface area contributed by atoms with Crippen LogP contribution in [0.2, 0.25) is 0 Å². The van der Waals surface area contributed by atoms with Crippen LogP contribution in [-0.4, -0.2) is 96.7 Å². The molecule has 564 valence electrons. The summed E-state index contributed by atoms with van der Waals surface area (Å²) in [6.07, 6.45) is 58.4. The van der Waals surface area contributed by atoms with Crippen molar-refractivity contribution in [1.29, 1.82) is 0 Å². The maximum Gasteiger partial charge on any atom is 0.472 e. The molecule has 0 aromatic carbocycles. The van der Waals surface area contributed by atoms with Crippen molar-refractivity contribution in [3.05, 3.63) is 0 Å². The maximum absolute atomic E-state index is 13.1. The van der Waals surface area contributed by atoms with E-state index in [9.17, 15) is 43.2 Å². The molecule has 5 atom stereocenters. The lowest BCUT2D eigenvalue weighted by molar-refractivity contribution is -0.161. The predicted molar refractivity (Wildman–Crippen MR) is 386 cm³/mol. The van der Waals surface area contributed by atoms with E-state index in [1.807, 2.05) is 0 Å². The predicted octanol–water partition coefficient (Wildman–Crippen LogP) is 22.5. The molecule has 0 fully saturated rings. The van der Waals surface area contributed by atoms with Crippen LogP contribution in [0.25, 0.3) is 0 Å². The number of aliphatic hydroxyl groups is 1. The van der Waals surface area contributed by atoms with Crippen LogP contribution in [0.1, 0.15) is 401 Å². The molecular formula is C76H148O17P2. The molecule has 0 aliphatic carbocycles. The molecule has 0 aliphatic rings. The lowest BCUT2D eigenvalue weighted by Crippen LogP contribution is -2.30. The number of esters is 4. The number of carbonyl (C=O) groups is 4. The van der Waals surface area contributed by atoms with E-state index in [-0.39, 0.29) is 25.7 Å². The zero-order valence-electron chi connectivity index (χ0n) is 61.8. The van der Waals surface area contributed by atoms with Gasteiger partial charge in [0.05, 0.1) is 26.4 Å². The number of phosphoric ester groups is 2. The quantitative estimate of drug-likeness (QED) is 0.0222. The van der Waals surface area contributed by atoms with E-state index in [0.717, 1.165) is 109 Å². The first kappa shape index (κ1) is 93.1. The zero-order valence-corrected chi connectivity index (χ0v) is 63.6. The van der Waals surface area contributed by atoms with E-state index in [1.54, 1.807) is 0 Å². The van der Waals surface area contributed by atoms with Crippen molar-refractivity contribution in [2.75, 3.05) is 39.6 Å². The second-order valence-corrected chi connectivity index (χ2v) is 30.8. The van der Waals surface area contributed by atoms with E-state index in [2.05, 4.69) is 34.6 Å². The van der Waals surface area contributed by atoms with Gasteiger partial charge in [0.15, 0.2) is 12.2 Å². The van der Waals surface area contributed by atoms with E-state index < -0.39 is 97.5 Å². The van der Waals surface area contributed by atoms with Crippen LogP contribution in [0, 0.1) is 5.92 Å². The van der Waals surface area contributed by atoms with Crippen LogP contribution in [0.5, 0.6) is 0 Å². The van der Waals surface area contributed by atoms with Crippen molar-refractivity contribution in [3.63, 3.8) is 0 Å². The Bertz CT molecular complexity index is 1820. The van der Waals surface area contributed by atoms with Crippen molar-refractivity contribution < 1.29 is 80.2 Å². The maximum atomic E-state index is 13.1. The molecular weight excluding hydrogens is 1250 g/mol. The van der Waals surface area contributed by atoms with Crippen LogP contribution < -0.4 is 0 Å². The molecule has 0 bridgehead atoms. The molecule has 95 heavy (non-hydrogen) atoms. The Morgan fingerprint density at radius 1 is 0.284 bits per heavy atom. The summed E-state index contributed by atoms with van der Waals surface area (Å²) < 4.78 is 68.4. The molecule has 0 aliphatic heterocycles. The number of phosphoric acid groups is 2. The first-order chi connectivity index (χ1) is 46.0. The van der Waals surface area contributed by atoms with E-state index in [0.29, 0.717) is 25.7 Å². The first-order valence-electron chi connectivity index (χ1n) is 39.6. The average Bonchev–Trinajstić information content (AvgIpc) is 1.36. The standard InChI is InChI=1S/C76H148O17P2/c1-6-9-12-15-18-20-22-24-26-28-29-31-33-37-41-46-51-56-61-75(80)93-72(66-87-74(79)60-55-50-45-40-36-32-30-27-25-23-21-19-16-13-10-7-2)68-91-95(84,85)89-64-70(77)63-88-94(82,83)90-67-71(65-86-73(78)59-54-49-43-17-14-11-8-3)92-76(81)62-57-52-47-42-38-34-35-39-44-48-53-58-69(4)5/h69-72,77H,6-68H2,1-5H3,(H,82,83)(H,84,85)/t70-,71+,72+/m0/s1. The Kier molecular flexibility index (Phi) is 67.7. The highest BCUT2D eigenvalue weighted by atomic mass is 31.2. The summed E-state index contributed by atoms with van der Waals surface area (Å²) in [5, 5.41) is 10.6. The Balaban J connectivity index is 5.19. The number of hydrogen-bond acceptors (Lipinski definition) is 15. The zero-order chi connectivity index (χ0) is 69.8. The molecule has 0 radical (unpaired) electrons. The molecule has 17 nitrogen and oxygen atoms in total. The third-order valence-corrected chi connectivity index (χ3v) is 19.7. The minimum absolute atomic E-state index is 0.106. The highest BCUT2D eigenvalue weighted by Gasteiger charge is 2.30. The lowest BCUT2D eigenvalue weighted by Gasteiger charge is -2.21. The number of rotatable bonds is 76. The molecule has 0 aromatic rings. The van der Waals surface area contributed by atoms with Gasteiger partial charge in [-0.05, 0) is 31.6 Å². The largest absolute Gasteiger partial charge is 0.472 e. The third-order valence-electron chi connectivity index (χ3n) is 17.8. The first-order valence-corrected chi connectivity index (χ1v) is 42.6.